The number of nitrogens with zero attached hydrogens (tertiary/aromatic N) is 3. The number of Topliss-reactive ketones (excluding diaryl/α,β-unsaturated/α-hetero) is 1. The highest BCUT2D eigenvalue weighted by Crippen LogP contribution is 2.29. The quantitative estimate of drug-likeness (QED) is 0.408. The van der Waals surface area contributed by atoms with Gasteiger partial charge in [0.1, 0.15) is 17.8 Å². The van der Waals surface area contributed by atoms with Gasteiger partial charge in [0.2, 0.25) is 0 Å². The van der Waals surface area contributed by atoms with Gasteiger partial charge >= 0.3 is 6.09 Å². The van der Waals surface area contributed by atoms with E-state index in [-0.39, 0.29) is 24.5 Å². The topological polar surface area (TPSA) is 95.3 Å². The Hall–Kier alpha value is -3.52. The highest BCUT2D eigenvalue weighted by atomic mass is 16.6. The van der Waals surface area contributed by atoms with Crippen molar-refractivity contribution in [3.8, 4) is 0 Å². The molecule has 212 valence electrons. The van der Waals surface area contributed by atoms with Crippen LogP contribution in [0.25, 0.3) is 0 Å². The van der Waals surface area contributed by atoms with Crippen LogP contribution in [-0.4, -0.2) is 44.6 Å². The lowest BCUT2D eigenvalue weighted by Gasteiger charge is -2.21. The fourth-order valence-corrected chi connectivity index (χ4v) is 5.64. The number of ether oxygens (including phenoxy) is 2. The number of hydrogen-bond acceptors (Lipinski definition) is 6. The van der Waals surface area contributed by atoms with Gasteiger partial charge in [0.15, 0.2) is 5.78 Å². The monoisotopic (exact) mass is 544 g/mol. The van der Waals surface area contributed by atoms with E-state index in [2.05, 4.69) is 65.0 Å². The molecule has 3 atom stereocenters. The molecule has 1 amide bonds. The molecule has 8 nitrogen and oxygen atoms in total. The van der Waals surface area contributed by atoms with Gasteiger partial charge in [0, 0.05) is 11.6 Å². The summed E-state index contributed by atoms with van der Waals surface area (Å²) in [6.07, 6.45) is 6.52. The standard InChI is InChI=1S/C32H40N4O4/c1-21-15-26(33-31(38)40-32(2,3)4)17-30(21)39-20-27-18-36(35-34-27)19-29(37)28-16-24-10-9-22-5-7-23(8-6-22)11-13-25(28)14-12-24/h5-8,12,14,16,18,21,26,30H,9-11,13,15,17,19-20H2,1-4H3,(H,33,38)/t21-,26+,30?/m0/s1. The molecule has 1 saturated carbocycles. The summed E-state index contributed by atoms with van der Waals surface area (Å²) in [5, 5.41) is 11.4. The van der Waals surface area contributed by atoms with Gasteiger partial charge in [-0.3, -0.25) is 4.79 Å². The van der Waals surface area contributed by atoms with Crippen molar-refractivity contribution in [1.29, 1.82) is 0 Å². The molecule has 1 N–H and O–H groups in total. The Morgan fingerprint density at radius 1 is 0.975 bits per heavy atom. The first-order chi connectivity index (χ1) is 19.1. The summed E-state index contributed by atoms with van der Waals surface area (Å²) in [4.78, 5) is 25.6. The van der Waals surface area contributed by atoms with Crippen molar-refractivity contribution in [2.24, 2.45) is 5.92 Å². The molecule has 1 fully saturated rings. The number of hydrogen-bond donors (Lipinski definition) is 1. The van der Waals surface area contributed by atoms with E-state index in [9.17, 15) is 9.59 Å². The molecule has 1 unspecified atom stereocenters. The SMILES string of the molecule is C[C@H]1C[C@@H](NC(=O)OC(C)(C)C)CC1OCc1cn(CC(=O)c2cc3ccc2CCc2ccc(cc2)CC3)nn1. The van der Waals surface area contributed by atoms with E-state index in [0.29, 0.717) is 18.2 Å². The smallest absolute Gasteiger partial charge is 0.407 e. The Labute approximate surface area is 236 Å². The Bertz CT molecular complexity index is 1340. The summed E-state index contributed by atoms with van der Waals surface area (Å²) in [5.41, 5.74) is 5.80. The van der Waals surface area contributed by atoms with Crippen molar-refractivity contribution in [3.63, 3.8) is 0 Å². The molecule has 5 aliphatic carbocycles. The van der Waals surface area contributed by atoms with Crippen molar-refractivity contribution < 1.29 is 19.1 Å². The maximum Gasteiger partial charge on any atom is 0.407 e. The molecule has 3 aromatic rings. The Morgan fingerprint density at radius 2 is 1.65 bits per heavy atom. The number of alkyl carbamates (subject to hydrolysis) is 1. The third-order valence-corrected chi connectivity index (χ3v) is 7.75. The molecule has 0 radical (unpaired) electrons. The van der Waals surface area contributed by atoms with Crippen LogP contribution < -0.4 is 5.32 Å². The van der Waals surface area contributed by atoms with Gasteiger partial charge in [-0.15, -0.1) is 5.10 Å². The van der Waals surface area contributed by atoms with Crippen LogP contribution >= 0.6 is 0 Å². The zero-order valence-electron chi connectivity index (χ0n) is 24.0. The third-order valence-electron chi connectivity index (χ3n) is 7.75. The molecule has 1 heterocycles. The molecule has 0 saturated heterocycles. The average molecular weight is 545 g/mol. The van der Waals surface area contributed by atoms with E-state index in [1.165, 1.54) is 16.7 Å². The summed E-state index contributed by atoms with van der Waals surface area (Å²) in [5.74, 6) is 0.334. The van der Waals surface area contributed by atoms with Crippen LogP contribution in [0.1, 0.15) is 78.8 Å². The second-order valence-corrected chi connectivity index (χ2v) is 12.3. The van der Waals surface area contributed by atoms with Gasteiger partial charge in [0.05, 0.1) is 18.9 Å². The number of aromatic nitrogens is 3. The minimum absolute atomic E-state index is 0.000142. The Balaban J connectivity index is 1.16. The van der Waals surface area contributed by atoms with Gasteiger partial charge in [-0.25, -0.2) is 9.48 Å². The van der Waals surface area contributed by atoms with E-state index in [1.807, 2.05) is 20.8 Å². The maximum absolute atomic E-state index is 13.4. The number of carbonyl (C=O) groups is 2. The highest BCUT2D eigenvalue weighted by Gasteiger charge is 2.34. The van der Waals surface area contributed by atoms with Crippen molar-refractivity contribution in [2.75, 3.05) is 0 Å². The molecule has 40 heavy (non-hydrogen) atoms. The molecule has 2 aromatic carbocycles. The van der Waals surface area contributed by atoms with Gasteiger partial charge in [0.25, 0.3) is 0 Å². The van der Waals surface area contributed by atoms with Crippen LogP contribution in [0.2, 0.25) is 0 Å². The number of ketones is 1. The van der Waals surface area contributed by atoms with Crippen molar-refractivity contribution in [3.05, 3.63) is 82.2 Å². The second-order valence-electron chi connectivity index (χ2n) is 12.3. The number of nitrogens with one attached hydrogen (secondary N) is 1. The predicted octanol–water partition coefficient (Wildman–Crippen LogP) is 5.25. The minimum Gasteiger partial charge on any atom is -0.444 e. The lowest BCUT2D eigenvalue weighted by Crippen LogP contribution is -2.38. The fraction of sp³-hybridized carbons (Fsp3) is 0.500. The van der Waals surface area contributed by atoms with E-state index >= 15 is 0 Å². The summed E-state index contributed by atoms with van der Waals surface area (Å²) in [6, 6.07) is 15.2. The van der Waals surface area contributed by atoms with Gasteiger partial charge < -0.3 is 14.8 Å². The third kappa shape index (κ3) is 7.36. The lowest BCUT2D eigenvalue weighted by molar-refractivity contribution is 0.0176. The summed E-state index contributed by atoms with van der Waals surface area (Å²) >= 11 is 0. The Kier molecular flexibility index (Phi) is 8.35. The van der Waals surface area contributed by atoms with Gasteiger partial charge in [-0.1, -0.05) is 48.5 Å². The highest BCUT2D eigenvalue weighted by molar-refractivity contribution is 5.97. The normalized spacial score (nSPS) is 20.6. The van der Waals surface area contributed by atoms with Crippen LogP contribution in [0.5, 0.6) is 0 Å². The molecule has 8 heteroatoms. The number of amides is 1. The zero-order chi connectivity index (χ0) is 28.3. The van der Waals surface area contributed by atoms with Gasteiger partial charge in [-0.2, -0.15) is 0 Å². The van der Waals surface area contributed by atoms with E-state index in [0.717, 1.165) is 49.7 Å². The largest absolute Gasteiger partial charge is 0.444 e. The lowest BCUT2D eigenvalue weighted by atomic mass is 9.92. The average Bonchev–Trinajstić information content (AvgIpc) is 3.48. The van der Waals surface area contributed by atoms with E-state index in [1.54, 1.807) is 10.9 Å². The first-order valence-electron chi connectivity index (χ1n) is 14.3. The molecule has 4 bridgehead atoms. The molecule has 5 aliphatic rings. The first-order valence-corrected chi connectivity index (χ1v) is 14.3. The van der Waals surface area contributed by atoms with E-state index < -0.39 is 11.7 Å². The van der Waals surface area contributed by atoms with Crippen LogP contribution in [-0.2, 0) is 48.3 Å². The molecule has 0 spiro atoms. The molecule has 8 rings (SSSR count). The van der Waals surface area contributed by atoms with Crippen LogP contribution in [0.4, 0.5) is 4.79 Å². The predicted molar refractivity (Wildman–Crippen MR) is 152 cm³/mol. The minimum atomic E-state index is -0.526. The molecular weight excluding hydrogens is 504 g/mol. The molecule has 0 aliphatic heterocycles. The van der Waals surface area contributed by atoms with E-state index in [4.69, 9.17) is 9.47 Å². The van der Waals surface area contributed by atoms with Crippen LogP contribution in [0.3, 0.4) is 0 Å². The number of carbonyl (C=O) groups excluding carboxylic acids is 2. The molecule has 1 aromatic heterocycles. The first kappa shape index (κ1) is 28.0. The number of aryl methyl sites for hydroxylation is 4. The van der Waals surface area contributed by atoms with Crippen molar-refractivity contribution in [1.82, 2.24) is 20.3 Å². The van der Waals surface area contributed by atoms with Crippen molar-refractivity contribution >= 4 is 11.9 Å². The number of rotatable bonds is 7. The second kappa shape index (κ2) is 11.9. The van der Waals surface area contributed by atoms with Gasteiger partial charge in [-0.05, 0) is 93.5 Å². The van der Waals surface area contributed by atoms with Crippen LogP contribution in [0, 0.1) is 5.92 Å². The fourth-order valence-electron chi connectivity index (χ4n) is 5.64. The maximum atomic E-state index is 13.4. The van der Waals surface area contributed by atoms with Crippen molar-refractivity contribution in [2.45, 2.75) is 97.1 Å². The molecular formula is C32H40N4O4. The summed E-state index contributed by atoms with van der Waals surface area (Å²) < 4.78 is 13.1. The summed E-state index contributed by atoms with van der Waals surface area (Å²) in [6.45, 7) is 8.13. The summed E-state index contributed by atoms with van der Waals surface area (Å²) in [7, 11) is 0. The number of benzene rings is 2. The van der Waals surface area contributed by atoms with Crippen LogP contribution in [0.15, 0.2) is 48.7 Å². The zero-order valence-corrected chi connectivity index (χ0v) is 24.0. The Morgan fingerprint density at radius 3 is 2.38 bits per heavy atom.